The number of carbonyl (C=O) groups excluding carboxylic acids is 4. The summed E-state index contributed by atoms with van der Waals surface area (Å²) in [5.74, 6) is -1.35. The smallest absolute Gasteiger partial charge is 0.405 e. The molecule has 2 aliphatic carbocycles. The average molecular weight is 773 g/mol. The van der Waals surface area contributed by atoms with Gasteiger partial charge in [0.15, 0.2) is 0 Å². The van der Waals surface area contributed by atoms with Crippen LogP contribution in [0.3, 0.4) is 0 Å². The minimum absolute atomic E-state index is 0.0166. The van der Waals surface area contributed by atoms with E-state index < -0.39 is 45.9 Å². The van der Waals surface area contributed by atoms with E-state index in [1.54, 1.807) is 40.8 Å². The molecule has 54 heavy (non-hydrogen) atoms. The lowest BCUT2D eigenvalue weighted by atomic mass is 9.63. The predicted octanol–water partition coefficient (Wildman–Crippen LogP) is 5.64. The largest absolute Gasteiger partial charge is 0.439 e. The number of anilines is 1. The molecule has 2 saturated heterocycles. The van der Waals surface area contributed by atoms with E-state index in [0.29, 0.717) is 67.8 Å². The predicted molar refractivity (Wildman–Crippen MR) is 203 cm³/mol. The standard InChI is InChI=1S/C39H57FN6O7S/c1-38(2,3)39(24-40,53-37(41)50)28-14-12-26(13-15-28)36(49)46-21-18-30(25-10-6-5-7-11-25)33(46)35(48)42-29-16-17-31-27(22-29)23-32(44(31)4)34(47)43-54(51,52)45-19-8-9-20-45/h16-17,22-23,25-26,28,30,33H,5-15,18-21,24H2,1-4H3,(H2,41,50)(H,42,48)(H,43,47)/t26?,28?,30-,33-,39-/m0/s1. The van der Waals surface area contributed by atoms with Crippen LogP contribution in [0.25, 0.3) is 10.9 Å². The van der Waals surface area contributed by atoms with Crippen molar-refractivity contribution in [3.8, 4) is 0 Å². The van der Waals surface area contributed by atoms with Crippen molar-refractivity contribution >= 4 is 50.6 Å². The van der Waals surface area contributed by atoms with Crippen molar-refractivity contribution in [3.63, 3.8) is 0 Å². The van der Waals surface area contributed by atoms with Gasteiger partial charge in [0, 0.05) is 60.5 Å². The summed E-state index contributed by atoms with van der Waals surface area (Å²) in [6.07, 6.45) is 8.60. The summed E-state index contributed by atoms with van der Waals surface area (Å²) in [6, 6.07) is 6.25. The summed E-state index contributed by atoms with van der Waals surface area (Å²) in [5.41, 5.74) is 4.67. The number of rotatable bonds is 10. The van der Waals surface area contributed by atoms with Crippen molar-refractivity contribution in [2.24, 2.45) is 41.9 Å². The molecular weight excluding hydrogens is 716 g/mol. The number of aryl methyl sites for hydroxylation is 1. The van der Waals surface area contributed by atoms with E-state index in [1.165, 1.54) is 10.7 Å². The molecule has 3 heterocycles. The SMILES string of the molecule is Cn1c(C(=O)NS(=O)(=O)N2CCCC2)cc2cc(NC(=O)[C@@H]3[C@H](C4CCCCC4)CCN3C(=O)C3CCC([C@](CF)(OC(N)=O)C(C)(C)C)CC3)ccc21. The molecule has 0 unspecified atom stereocenters. The van der Waals surface area contributed by atoms with Crippen LogP contribution < -0.4 is 15.8 Å². The lowest BCUT2D eigenvalue weighted by molar-refractivity contribution is -0.148. The maximum atomic E-state index is 14.8. The number of hydrogen-bond donors (Lipinski definition) is 3. The molecule has 6 rings (SSSR count). The lowest BCUT2D eigenvalue weighted by Gasteiger charge is -2.49. The van der Waals surface area contributed by atoms with Crippen molar-refractivity contribution in [3.05, 3.63) is 30.0 Å². The van der Waals surface area contributed by atoms with E-state index in [2.05, 4.69) is 10.0 Å². The number of benzene rings is 1. The Balaban J connectivity index is 1.19. The molecule has 4 N–H and O–H groups in total. The molecule has 2 saturated carbocycles. The Labute approximate surface area is 318 Å². The number of hydrogen-bond acceptors (Lipinski definition) is 7. The van der Waals surface area contributed by atoms with Gasteiger partial charge in [-0.15, -0.1) is 0 Å². The first kappa shape index (κ1) is 40.0. The van der Waals surface area contributed by atoms with Gasteiger partial charge in [0.05, 0.1) is 0 Å². The van der Waals surface area contributed by atoms with Gasteiger partial charge in [-0.3, -0.25) is 14.4 Å². The molecule has 0 spiro atoms. The lowest BCUT2D eigenvalue weighted by Crippen LogP contribution is -2.56. The third-order valence-electron chi connectivity index (χ3n) is 12.9. The van der Waals surface area contributed by atoms with Crippen molar-refractivity contribution in [1.82, 2.24) is 18.5 Å². The minimum atomic E-state index is -3.96. The number of primary amides is 1. The first-order chi connectivity index (χ1) is 25.6. The molecule has 15 heteroatoms. The van der Waals surface area contributed by atoms with Gasteiger partial charge >= 0.3 is 16.3 Å². The molecule has 0 radical (unpaired) electrons. The molecule has 4 amide bonds. The highest BCUT2D eigenvalue weighted by molar-refractivity contribution is 7.87. The maximum Gasteiger partial charge on any atom is 0.405 e. The number of aromatic nitrogens is 1. The van der Waals surface area contributed by atoms with E-state index in [4.69, 9.17) is 10.5 Å². The number of ether oxygens (including phenoxy) is 1. The first-order valence-corrected chi connectivity index (χ1v) is 21.1. The molecule has 1 aromatic carbocycles. The summed E-state index contributed by atoms with van der Waals surface area (Å²) >= 11 is 0. The second kappa shape index (κ2) is 15.8. The molecule has 2 aromatic rings. The molecular formula is C39H57FN6O7S. The topological polar surface area (TPSA) is 173 Å². The summed E-state index contributed by atoms with van der Waals surface area (Å²) in [4.78, 5) is 55.5. The normalized spacial score (nSPS) is 25.7. The fraction of sp³-hybridized carbons (Fsp3) is 0.692. The zero-order valence-electron chi connectivity index (χ0n) is 32.1. The average Bonchev–Trinajstić information content (AvgIpc) is 3.90. The Morgan fingerprint density at radius 1 is 0.907 bits per heavy atom. The van der Waals surface area contributed by atoms with Gasteiger partial charge in [0.1, 0.15) is 24.0 Å². The van der Waals surface area contributed by atoms with Crippen LogP contribution in [0.2, 0.25) is 0 Å². The van der Waals surface area contributed by atoms with E-state index in [0.717, 1.165) is 44.9 Å². The number of carbonyl (C=O) groups is 4. The Morgan fingerprint density at radius 2 is 1.57 bits per heavy atom. The summed E-state index contributed by atoms with van der Waals surface area (Å²) in [6.45, 7) is 5.86. The Morgan fingerprint density at radius 3 is 2.19 bits per heavy atom. The minimum Gasteiger partial charge on any atom is -0.439 e. The number of likely N-dealkylation sites (tertiary alicyclic amines) is 1. The van der Waals surface area contributed by atoms with Gasteiger partial charge in [-0.2, -0.15) is 12.7 Å². The van der Waals surface area contributed by atoms with Crippen molar-refractivity contribution in [2.75, 3.05) is 31.6 Å². The molecule has 1 aromatic heterocycles. The number of nitrogens with two attached hydrogens (primary N) is 1. The van der Waals surface area contributed by atoms with Gasteiger partial charge < -0.3 is 25.3 Å². The monoisotopic (exact) mass is 772 g/mol. The zero-order valence-corrected chi connectivity index (χ0v) is 32.9. The second-order valence-corrected chi connectivity index (χ2v) is 18.6. The van der Waals surface area contributed by atoms with Crippen molar-refractivity contribution < 1.29 is 36.7 Å². The molecule has 4 aliphatic rings. The van der Waals surface area contributed by atoms with Crippen LogP contribution in [0, 0.1) is 29.1 Å². The van der Waals surface area contributed by atoms with Crippen molar-refractivity contribution in [2.45, 2.75) is 109 Å². The summed E-state index contributed by atoms with van der Waals surface area (Å²) in [7, 11) is -2.27. The highest BCUT2D eigenvalue weighted by Crippen LogP contribution is 2.48. The van der Waals surface area contributed by atoms with Crippen LogP contribution in [0.4, 0.5) is 14.9 Å². The number of halogens is 1. The maximum absolute atomic E-state index is 14.8. The van der Waals surface area contributed by atoms with Crippen LogP contribution in [-0.4, -0.2) is 84.0 Å². The van der Waals surface area contributed by atoms with Crippen LogP contribution in [0.1, 0.15) is 108 Å². The number of alkyl halides is 1. The van der Waals surface area contributed by atoms with Gasteiger partial charge in [-0.1, -0.05) is 52.9 Å². The number of nitrogens with zero attached hydrogens (tertiary/aromatic N) is 3. The van der Waals surface area contributed by atoms with E-state index in [1.807, 2.05) is 20.8 Å². The molecule has 13 nitrogen and oxygen atoms in total. The fourth-order valence-electron chi connectivity index (χ4n) is 9.89. The summed E-state index contributed by atoms with van der Waals surface area (Å²) in [5, 5.41) is 3.74. The van der Waals surface area contributed by atoms with Gasteiger partial charge in [0.2, 0.25) is 11.8 Å². The van der Waals surface area contributed by atoms with Crippen LogP contribution in [0.5, 0.6) is 0 Å². The van der Waals surface area contributed by atoms with Gasteiger partial charge in [-0.25, -0.2) is 13.9 Å². The first-order valence-electron chi connectivity index (χ1n) is 19.6. The van der Waals surface area contributed by atoms with E-state index >= 15 is 0 Å². The number of nitrogens with one attached hydrogen (secondary N) is 2. The Kier molecular flexibility index (Phi) is 11.7. The van der Waals surface area contributed by atoms with E-state index in [9.17, 15) is 32.0 Å². The third-order valence-corrected chi connectivity index (χ3v) is 14.4. The molecule has 2 aliphatic heterocycles. The number of amides is 4. The van der Waals surface area contributed by atoms with Crippen LogP contribution in [-0.2, 0) is 31.6 Å². The molecule has 4 fully saturated rings. The molecule has 3 atom stereocenters. The summed E-state index contributed by atoms with van der Waals surface area (Å²) < 4.78 is 50.9. The van der Waals surface area contributed by atoms with Crippen LogP contribution in [0.15, 0.2) is 24.3 Å². The Bertz CT molecular complexity index is 1840. The third kappa shape index (κ3) is 7.85. The highest BCUT2D eigenvalue weighted by atomic mass is 32.2. The van der Waals surface area contributed by atoms with E-state index in [-0.39, 0.29) is 35.3 Å². The van der Waals surface area contributed by atoms with Gasteiger partial charge in [-0.05, 0) is 81.0 Å². The van der Waals surface area contributed by atoms with Gasteiger partial charge in [0.25, 0.3) is 5.91 Å². The highest BCUT2D eigenvalue weighted by Gasteiger charge is 2.54. The molecule has 298 valence electrons. The van der Waals surface area contributed by atoms with Crippen molar-refractivity contribution in [1.29, 1.82) is 0 Å². The molecule has 0 bridgehead atoms. The second-order valence-electron chi connectivity index (χ2n) is 17.0. The van der Waals surface area contributed by atoms with Crippen LogP contribution >= 0.6 is 0 Å². The number of fused-ring (bicyclic) bond motifs is 1. The zero-order chi connectivity index (χ0) is 39.0. The fourth-order valence-corrected chi connectivity index (χ4v) is 11.1. The Hall–Kier alpha value is -3.72. The quantitative estimate of drug-likeness (QED) is 0.280.